The van der Waals surface area contributed by atoms with Gasteiger partial charge in [-0.15, -0.1) is 0 Å². The van der Waals surface area contributed by atoms with Gasteiger partial charge in [0.15, 0.2) is 0 Å². The summed E-state index contributed by atoms with van der Waals surface area (Å²) in [5.41, 5.74) is 3.94. The summed E-state index contributed by atoms with van der Waals surface area (Å²) in [5.74, 6) is -1.32. The standard InChI is InChI=1S/C18H25N3O4/c1-5-15(18(24)25-7-3)12(4)20-21-17(23)13-8-10-14(11-9-13)19-16(22)6-2/h8-11,15H,5-7H2,1-4H3,(H,19,22)(H,21,23)/b20-12-/t15-/m1/s1. The van der Waals surface area contributed by atoms with E-state index in [1.54, 1.807) is 45.0 Å². The van der Waals surface area contributed by atoms with Gasteiger partial charge in [-0.25, -0.2) is 5.43 Å². The lowest BCUT2D eigenvalue weighted by atomic mass is 10.0. The second-order valence-electron chi connectivity index (χ2n) is 5.39. The van der Waals surface area contributed by atoms with E-state index in [0.717, 1.165) is 0 Å². The van der Waals surface area contributed by atoms with Crippen LogP contribution in [0.3, 0.4) is 0 Å². The molecule has 0 aliphatic carbocycles. The number of carbonyl (C=O) groups excluding carboxylic acids is 3. The molecular formula is C18H25N3O4. The van der Waals surface area contributed by atoms with Gasteiger partial charge in [0.25, 0.3) is 5.91 Å². The van der Waals surface area contributed by atoms with Crippen molar-refractivity contribution in [1.82, 2.24) is 5.43 Å². The summed E-state index contributed by atoms with van der Waals surface area (Å²) in [5, 5.41) is 6.71. The highest BCUT2D eigenvalue weighted by atomic mass is 16.5. The first kappa shape index (κ1) is 20.3. The fourth-order valence-electron chi connectivity index (χ4n) is 2.11. The van der Waals surface area contributed by atoms with Crippen molar-refractivity contribution in [3.05, 3.63) is 29.8 Å². The minimum atomic E-state index is -0.480. The van der Waals surface area contributed by atoms with Crippen molar-refractivity contribution in [2.75, 3.05) is 11.9 Å². The molecule has 0 aliphatic heterocycles. The monoisotopic (exact) mass is 347 g/mol. The van der Waals surface area contributed by atoms with Crippen molar-refractivity contribution in [3.8, 4) is 0 Å². The molecule has 1 aromatic rings. The van der Waals surface area contributed by atoms with Gasteiger partial charge < -0.3 is 10.1 Å². The predicted octanol–water partition coefficient (Wildman–Crippen LogP) is 2.73. The lowest BCUT2D eigenvalue weighted by molar-refractivity contribution is -0.145. The molecule has 136 valence electrons. The number of nitrogens with one attached hydrogen (secondary N) is 2. The Labute approximate surface area is 147 Å². The smallest absolute Gasteiger partial charge is 0.314 e. The maximum atomic E-state index is 12.1. The summed E-state index contributed by atoms with van der Waals surface area (Å²) in [6.07, 6.45) is 0.922. The van der Waals surface area contributed by atoms with Crippen molar-refractivity contribution in [3.63, 3.8) is 0 Å². The van der Waals surface area contributed by atoms with Crippen molar-refractivity contribution in [2.45, 2.75) is 40.5 Å². The van der Waals surface area contributed by atoms with Crippen LogP contribution in [0.5, 0.6) is 0 Å². The molecule has 0 spiro atoms. The van der Waals surface area contributed by atoms with Crippen molar-refractivity contribution < 1.29 is 19.1 Å². The maximum Gasteiger partial charge on any atom is 0.314 e. The quantitative estimate of drug-likeness (QED) is 0.429. The first-order valence-electron chi connectivity index (χ1n) is 8.33. The lowest BCUT2D eigenvalue weighted by Gasteiger charge is -2.13. The van der Waals surface area contributed by atoms with Crippen molar-refractivity contribution in [2.24, 2.45) is 11.0 Å². The van der Waals surface area contributed by atoms with E-state index in [4.69, 9.17) is 4.74 Å². The zero-order valence-electron chi connectivity index (χ0n) is 15.1. The van der Waals surface area contributed by atoms with Crippen LogP contribution in [0.1, 0.15) is 50.9 Å². The molecule has 0 aliphatic rings. The molecule has 1 atom stereocenters. The molecule has 0 saturated carbocycles. The number of hydrogen-bond donors (Lipinski definition) is 2. The van der Waals surface area contributed by atoms with E-state index in [0.29, 0.717) is 36.4 Å². The molecule has 1 aromatic carbocycles. The number of hydrazone groups is 1. The third-order valence-electron chi connectivity index (χ3n) is 3.57. The van der Waals surface area contributed by atoms with Crippen LogP contribution < -0.4 is 10.7 Å². The highest BCUT2D eigenvalue weighted by Crippen LogP contribution is 2.11. The minimum Gasteiger partial charge on any atom is -0.465 e. The topological polar surface area (TPSA) is 96.9 Å². The van der Waals surface area contributed by atoms with Gasteiger partial charge in [-0.3, -0.25) is 14.4 Å². The van der Waals surface area contributed by atoms with Crippen LogP contribution in [0.4, 0.5) is 5.69 Å². The maximum absolute atomic E-state index is 12.1. The number of hydrogen-bond acceptors (Lipinski definition) is 5. The van der Waals surface area contributed by atoms with Crippen LogP contribution in [0.15, 0.2) is 29.4 Å². The Bertz CT molecular complexity index is 638. The first-order valence-corrected chi connectivity index (χ1v) is 8.33. The Balaban J connectivity index is 2.71. The third kappa shape index (κ3) is 6.37. The predicted molar refractivity (Wildman–Crippen MR) is 96.4 cm³/mol. The number of rotatable bonds is 8. The third-order valence-corrected chi connectivity index (χ3v) is 3.57. The number of ether oxygens (including phenoxy) is 1. The number of esters is 1. The van der Waals surface area contributed by atoms with E-state index in [2.05, 4.69) is 15.8 Å². The average molecular weight is 347 g/mol. The Morgan fingerprint density at radius 2 is 1.76 bits per heavy atom. The van der Waals surface area contributed by atoms with Gasteiger partial charge in [0.1, 0.15) is 0 Å². The van der Waals surface area contributed by atoms with E-state index < -0.39 is 11.8 Å². The summed E-state index contributed by atoms with van der Waals surface area (Å²) in [6, 6.07) is 6.47. The van der Waals surface area contributed by atoms with Gasteiger partial charge in [0.05, 0.1) is 12.5 Å². The molecule has 0 saturated heterocycles. The highest BCUT2D eigenvalue weighted by molar-refractivity contribution is 6.02. The van der Waals surface area contributed by atoms with Gasteiger partial charge in [-0.05, 0) is 44.5 Å². The SMILES string of the molecule is CCOC(=O)[C@H](CC)/C(C)=N\NC(=O)c1ccc(NC(=O)CC)cc1. The molecule has 0 unspecified atom stereocenters. The van der Waals surface area contributed by atoms with Gasteiger partial charge in [0.2, 0.25) is 5.91 Å². The van der Waals surface area contributed by atoms with E-state index in [1.807, 2.05) is 6.92 Å². The summed E-state index contributed by atoms with van der Waals surface area (Å²) in [6.45, 7) is 7.33. The molecule has 0 heterocycles. The fraction of sp³-hybridized carbons (Fsp3) is 0.444. The Morgan fingerprint density at radius 3 is 2.28 bits per heavy atom. The van der Waals surface area contributed by atoms with Crippen LogP contribution >= 0.6 is 0 Å². The van der Waals surface area contributed by atoms with Crippen LogP contribution in [0.2, 0.25) is 0 Å². The van der Waals surface area contributed by atoms with Crippen molar-refractivity contribution >= 4 is 29.2 Å². The van der Waals surface area contributed by atoms with Crippen LogP contribution in [-0.4, -0.2) is 30.1 Å². The summed E-state index contributed by atoms with van der Waals surface area (Å²) < 4.78 is 4.99. The minimum absolute atomic E-state index is 0.0954. The average Bonchev–Trinajstić information content (AvgIpc) is 2.61. The normalized spacial score (nSPS) is 12.2. The van der Waals surface area contributed by atoms with Gasteiger partial charge >= 0.3 is 5.97 Å². The number of nitrogens with zero attached hydrogens (tertiary/aromatic N) is 1. The molecular weight excluding hydrogens is 322 g/mol. The zero-order chi connectivity index (χ0) is 18.8. The van der Waals surface area contributed by atoms with Crippen LogP contribution in [-0.2, 0) is 14.3 Å². The molecule has 1 rings (SSSR count). The van der Waals surface area contributed by atoms with Crippen LogP contribution in [0, 0.1) is 5.92 Å². The van der Waals surface area contributed by atoms with Gasteiger partial charge in [-0.1, -0.05) is 13.8 Å². The number of benzene rings is 1. The number of anilines is 1. The first-order chi connectivity index (χ1) is 11.9. The lowest BCUT2D eigenvalue weighted by Crippen LogP contribution is -2.27. The molecule has 0 aromatic heterocycles. The Hall–Kier alpha value is -2.70. The van der Waals surface area contributed by atoms with Gasteiger partial charge in [0, 0.05) is 23.4 Å². The molecule has 2 amide bonds. The summed E-state index contributed by atoms with van der Waals surface area (Å²) in [4.78, 5) is 35.3. The van der Waals surface area contributed by atoms with Gasteiger partial charge in [-0.2, -0.15) is 5.10 Å². The molecule has 0 radical (unpaired) electrons. The molecule has 0 bridgehead atoms. The Kier molecular flexibility index (Phi) is 8.32. The zero-order valence-corrected chi connectivity index (χ0v) is 15.1. The molecule has 2 N–H and O–H groups in total. The Morgan fingerprint density at radius 1 is 1.12 bits per heavy atom. The molecule has 7 heteroatoms. The second-order valence-corrected chi connectivity index (χ2v) is 5.39. The van der Waals surface area contributed by atoms with E-state index in [9.17, 15) is 14.4 Å². The molecule has 25 heavy (non-hydrogen) atoms. The second kappa shape index (κ2) is 10.2. The van der Waals surface area contributed by atoms with E-state index >= 15 is 0 Å². The highest BCUT2D eigenvalue weighted by Gasteiger charge is 2.21. The number of carbonyl (C=O) groups is 3. The molecule has 7 nitrogen and oxygen atoms in total. The van der Waals surface area contributed by atoms with E-state index in [-0.39, 0.29) is 11.9 Å². The van der Waals surface area contributed by atoms with E-state index in [1.165, 1.54) is 0 Å². The van der Waals surface area contributed by atoms with Crippen LogP contribution in [0.25, 0.3) is 0 Å². The number of amides is 2. The van der Waals surface area contributed by atoms with Crippen molar-refractivity contribution in [1.29, 1.82) is 0 Å². The summed E-state index contributed by atoms with van der Waals surface area (Å²) in [7, 11) is 0. The molecule has 0 fully saturated rings. The summed E-state index contributed by atoms with van der Waals surface area (Å²) >= 11 is 0. The fourth-order valence-corrected chi connectivity index (χ4v) is 2.11. The largest absolute Gasteiger partial charge is 0.465 e.